The average Bonchev–Trinajstić information content (AvgIpc) is 2.97. The lowest BCUT2D eigenvalue weighted by Crippen LogP contribution is -2.50. The number of benzene rings is 3. The lowest BCUT2D eigenvalue weighted by Gasteiger charge is -2.41. The van der Waals surface area contributed by atoms with Gasteiger partial charge >= 0.3 is 0 Å². The van der Waals surface area contributed by atoms with Gasteiger partial charge in [0, 0.05) is 23.0 Å². The topological polar surface area (TPSA) is 133 Å². The monoisotopic (exact) mass is 579 g/mol. The molecule has 0 unspecified atom stereocenters. The highest BCUT2D eigenvalue weighted by Crippen LogP contribution is 2.39. The molecular formula is C29H30ClN5O4S. The van der Waals surface area contributed by atoms with Gasteiger partial charge in [-0.1, -0.05) is 54.1 Å². The minimum Gasteiger partial charge on any atom is -0.496 e. The number of carbonyl (C=O) groups excluding carboxylic acids is 1. The first-order valence-electron chi connectivity index (χ1n) is 12.7. The number of nitrogens with zero attached hydrogens (tertiary/aromatic N) is 2. The third kappa shape index (κ3) is 6.92. The van der Waals surface area contributed by atoms with Crippen LogP contribution in [0.2, 0.25) is 5.02 Å². The second-order valence-electron chi connectivity index (χ2n) is 9.57. The van der Waals surface area contributed by atoms with Gasteiger partial charge in [-0.15, -0.1) is 4.99 Å². The van der Waals surface area contributed by atoms with Crippen molar-refractivity contribution in [2.24, 2.45) is 4.99 Å². The normalized spacial score (nSPS) is 19.2. The van der Waals surface area contributed by atoms with Gasteiger partial charge in [0.25, 0.3) is 15.9 Å². The summed E-state index contributed by atoms with van der Waals surface area (Å²) in [5.74, 6) is 0.152. The molecule has 0 saturated heterocycles. The third-order valence-corrected chi connectivity index (χ3v) is 8.73. The summed E-state index contributed by atoms with van der Waals surface area (Å²) in [7, 11) is -2.44. The van der Waals surface area contributed by atoms with Crippen molar-refractivity contribution in [1.82, 2.24) is 15.4 Å². The number of nitriles is 1. The first-order valence-corrected chi connectivity index (χ1v) is 14.6. The maximum absolute atomic E-state index is 13.1. The van der Waals surface area contributed by atoms with Crippen LogP contribution in [0.3, 0.4) is 0 Å². The Hall–Kier alpha value is -4.07. The summed E-state index contributed by atoms with van der Waals surface area (Å²) in [5, 5.41) is 15.8. The Bertz CT molecular complexity index is 1500. The number of amides is 1. The molecule has 1 amide bonds. The Kier molecular flexibility index (Phi) is 9.30. The highest BCUT2D eigenvalue weighted by Gasteiger charge is 2.38. The number of carbonyl (C=O) groups is 1. The number of halogens is 1. The maximum Gasteiger partial charge on any atom is 0.264 e. The van der Waals surface area contributed by atoms with E-state index in [0.29, 0.717) is 48.6 Å². The molecule has 0 spiro atoms. The zero-order valence-electron chi connectivity index (χ0n) is 21.9. The van der Waals surface area contributed by atoms with Crippen molar-refractivity contribution in [2.75, 3.05) is 13.7 Å². The molecule has 11 heteroatoms. The molecule has 40 heavy (non-hydrogen) atoms. The smallest absolute Gasteiger partial charge is 0.264 e. The number of sulfonamides is 1. The molecule has 1 fully saturated rings. The third-order valence-electron chi connectivity index (χ3n) is 7.13. The lowest BCUT2D eigenvalue weighted by molar-refractivity contribution is 0.0932. The van der Waals surface area contributed by atoms with E-state index >= 15 is 0 Å². The number of guanidine groups is 1. The largest absolute Gasteiger partial charge is 0.496 e. The fraction of sp³-hybridized carbons (Fsp3) is 0.276. The minimum atomic E-state index is -3.98. The number of methoxy groups -OCH3 is 1. The van der Waals surface area contributed by atoms with Crippen LogP contribution in [0.15, 0.2) is 88.8 Å². The Labute approximate surface area is 239 Å². The van der Waals surface area contributed by atoms with Gasteiger partial charge in [0.2, 0.25) is 12.2 Å². The Morgan fingerprint density at radius 2 is 1.70 bits per heavy atom. The summed E-state index contributed by atoms with van der Waals surface area (Å²) in [6.07, 6.45) is 4.40. The molecule has 3 aromatic rings. The van der Waals surface area contributed by atoms with Crippen molar-refractivity contribution in [2.45, 2.75) is 42.0 Å². The molecule has 0 aromatic heterocycles. The second-order valence-corrected chi connectivity index (χ2v) is 11.7. The summed E-state index contributed by atoms with van der Waals surface area (Å²) in [6.45, 7) is 0.420. The van der Waals surface area contributed by atoms with Crippen LogP contribution in [0, 0.1) is 11.5 Å². The number of para-hydroxylation sites is 1. The van der Waals surface area contributed by atoms with E-state index in [0.717, 1.165) is 5.56 Å². The van der Waals surface area contributed by atoms with E-state index in [1.807, 2.05) is 24.3 Å². The molecule has 1 aliphatic rings. The van der Waals surface area contributed by atoms with Crippen molar-refractivity contribution in [3.8, 4) is 11.9 Å². The molecule has 3 N–H and O–H groups in total. The summed E-state index contributed by atoms with van der Waals surface area (Å²) < 4.78 is 33.4. The average molecular weight is 580 g/mol. The van der Waals surface area contributed by atoms with E-state index < -0.39 is 10.0 Å². The molecule has 3 aromatic carbocycles. The van der Waals surface area contributed by atoms with Crippen molar-refractivity contribution in [3.63, 3.8) is 0 Å². The summed E-state index contributed by atoms with van der Waals surface area (Å²) in [5.41, 5.74) is 1.25. The van der Waals surface area contributed by atoms with E-state index in [1.54, 1.807) is 24.4 Å². The van der Waals surface area contributed by atoms with Gasteiger partial charge in [0.05, 0.1) is 17.6 Å². The zero-order valence-corrected chi connectivity index (χ0v) is 23.5. The van der Waals surface area contributed by atoms with Crippen LogP contribution in [-0.4, -0.2) is 40.0 Å². The van der Waals surface area contributed by atoms with Crippen LogP contribution in [0.1, 0.15) is 41.6 Å². The Morgan fingerprint density at radius 1 is 1.05 bits per heavy atom. The first kappa shape index (κ1) is 28.9. The molecule has 1 saturated carbocycles. The van der Waals surface area contributed by atoms with Crippen LogP contribution in [0.5, 0.6) is 5.75 Å². The molecule has 9 nitrogen and oxygen atoms in total. The fourth-order valence-corrected chi connectivity index (χ4v) is 6.08. The number of ether oxygens (including phenoxy) is 1. The predicted molar refractivity (Wildman–Crippen MR) is 154 cm³/mol. The molecule has 0 bridgehead atoms. The SMILES string of the molecule is COc1ccccc1C(=O)NC[C@]1(c2ccccc2)CC[C@H](N/C(=N\C#N)NS(=O)(=O)c2ccc(Cl)cc2)CC1. The van der Waals surface area contributed by atoms with Crippen LogP contribution >= 0.6 is 11.6 Å². The molecule has 1 aliphatic carbocycles. The van der Waals surface area contributed by atoms with Crippen molar-refractivity contribution >= 4 is 33.5 Å². The standard InChI is InChI=1S/C29H30ClN5O4S/c1-39-26-10-6-5-9-25(26)27(36)32-19-29(21-7-3-2-4-8-21)17-15-23(16-18-29)34-28(33-20-31)35-40(37,38)24-13-11-22(30)12-14-24/h2-14,23H,15-19H2,1H3,(H,32,36)(H2,33,34,35)/t23-,29-. The van der Waals surface area contributed by atoms with E-state index in [9.17, 15) is 18.5 Å². The number of aliphatic imine (C=N–C) groups is 1. The molecule has 0 aliphatic heterocycles. The maximum atomic E-state index is 13.1. The first-order chi connectivity index (χ1) is 19.3. The minimum absolute atomic E-state index is 0.00173. The summed E-state index contributed by atoms with van der Waals surface area (Å²) >= 11 is 5.87. The molecule has 4 rings (SSSR count). The number of nitrogens with one attached hydrogen (secondary N) is 3. The van der Waals surface area contributed by atoms with E-state index in [1.165, 1.54) is 31.4 Å². The molecule has 0 atom stereocenters. The van der Waals surface area contributed by atoms with Gasteiger partial charge < -0.3 is 15.4 Å². The van der Waals surface area contributed by atoms with Crippen LogP contribution in [0.25, 0.3) is 0 Å². The zero-order chi connectivity index (χ0) is 28.6. The highest BCUT2D eigenvalue weighted by atomic mass is 35.5. The summed E-state index contributed by atoms with van der Waals surface area (Å²) in [4.78, 5) is 16.7. The molecule has 0 heterocycles. The molecule has 0 radical (unpaired) electrons. The lowest BCUT2D eigenvalue weighted by atomic mass is 9.68. The molecule has 208 valence electrons. The highest BCUT2D eigenvalue weighted by molar-refractivity contribution is 7.90. The number of hydrogen-bond acceptors (Lipinski definition) is 6. The molecular weight excluding hydrogens is 550 g/mol. The number of rotatable bonds is 8. The van der Waals surface area contributed by atoms with E-state index in [-0.39, 0.29) is 28.2 Å². The number of hydrogen-bond donors (Lipinski definition) is 3. The van der Waals surface area contributed by atoms with E-state index in [4.69, 9.17) is 16.3 Å². The van der Waals surface area contributed by atoms with Gasteiger partial charge in [0.15, 0.2) is 0 Å². The van der Waals surface area contributed by atoms with Crippen molar-refractivity contribution < 1.29 is 17.9 Å². The van der Waals surface area contributed by atoms with Gasteiger partial charge in [-0.05, 0) is 67.6 Å². The predicted octanol–water partition coefficient (Wildman–Crippen LogP) is 4.36. The summed E-state index contributed by atoms with van der Waals surface area (Å²) in [6, 6.07) is 22.7. The quantitative estimate of drug-likeness (QED) is 0.206. The van der Waals surface area contributed by atoms with Crippen molar-refractivity contribution in [3.05, 3.63) is 95.0 Å². The second kappa shape index (κ2) is 12.9. The Balaban J connectivity index is 1.46. The van der Waals surface area contributed by atoms with Crippen LogP contribution in [0.4, 0.5) is 0 Å². The van der Waals surface area contributed by atoms with Gasteiger partial charge in [0.1, 0.15) is 5.75 Å². The van der Waals surface area contributed by atoms with Gasteiger partial charge in [-0.3, -0.25) is 4.79 Å². The van der Waals surface area contributed by atoms with Crippen molar-refractivity contribution in [1.29, 1.82) is 5.26 Å². The van der Waals surface area contributed by atoms with Crippen LogP contribution < -0.4 is 20.1 Å². The van der Waals surface area contributed by atoms with Crippen LogP contribution in [-0.2, 0) is 15.4 Å². The Morgan fingerprint density at radius 3 is 2.35 bits per heavy atom. The van der Waals surface area contributed by atoms with Gasteiger partial charge in [-0.25, -0.2) is 13.1 Å². The fourth-order valence-electron chi connectivity index (χ4n) is 4.98. The van der Waals surface area contributed by atoms with Gasteiger partial charge in [-0.2, -0.15) is 5.26 Å². The van der Waals surface area contributed by atoms with E-state index in [2.05, 4.69) is 32.5 Å².